The van der Waals surface area contributed by atoms with Gasteiger partial charge in [0.2, 0.25) is 11.8 Å². The van der Waals surface area contributed by atoms with Gasteiger partial charge in [-0.1, -0.05) is 23.7 Å². The Morgan fingerprint density at radius 3 is 2.79 bits per heavy atom. The number of carbonyl (C=O) groups excluding carboxylic acids is 2. The van der Waals surface area contributed by atoms with Crippen LogP contribution in [0.4, 0.5) is 11.4 Å². The number of hydrogen-bond acceptors (Lipinski definition) is 3. The summed E-state index contributed by atoms with van der Waals surface area (Å²) >= 11 is 5.96. The highest BCUT2D eigenvalue weighted by Crippen LogP contribution is 2.31. The molecule has 0 aliphatic carbocycles. The van der Waals surface area contributed by atoms with Gasteiger partial charge in [0, 0.05) is 47.8 Å². The molecule has 0 atom stereocenters. The van der Waals surface area contributed by atoms with E-state index in [-0.39, 0.29) is 18.2 Å². The number of anilines is 2. The zero-order valence-electron chi connectivity index (χ0n) is 16.0. The summed E-state index contributed by atoms with van der Waals surface area (Å²) in [6, 6.07) is 15.1. The summed E-state index contributed by atoms with van der Waals surface area (Å²) in [4.78, 5) is 30.3. The quantitative estimate of drug-likeness (QED) is 0.695. The van der Waals surface area contributed by atoms with E-state index in [2.05, 4.69) is 16.4 Å². The normalized spacial score (nSPS) is 13.2. The van der Waals surface area contributed by atoms with Crippen LogP contribution in [-0.4, -0.2) is 23.8 Å². The summed E-state index contributed by atoms with van der Waals surface area (Å²) in [7, 11) is 1.81. The minimum absolute atomic E-state index is 0.128. The molecule has 2 amide bonds. The third kappa shape index (κ3) is 4.30. The molecular formula is C23H20ClN3O2. The zero-order valence-corrected chi connectivity index (χ0v) is 16.7. The van der Waals surface area contributed by atoms with Crippen LogP contribution in [0.5, 0.6) is 0 Å². The topological polar surface area (TPSA) is 62.3 Å². The van der Waals surface area contributed by atoms with Crippen LogP contribution < -0.4 is 10.2 Å². The lowest BCUT2D eigenvalue weighted by Gasteiger charge is -2.26. The first-order chi connectivity index (χ1) is 14.0. The van der Waals surface area contributed by atoms with E-state index in [0.29, 0.717) is 17.1 Å². The molecule has 0 spiro atoms. The molecule has 1 aliphatic rings. The van der Waals surface area contributed by atoms with Gasteiger partial charge in [-0.15, -0.1) is 0 Å². The molecule has 146 valence electrons. The highest BCUT2D eigenvalue weighted by atomic mass is 35.5. The minimum Gasteiger partial charge on any atom is -0.326 e. The molecule has 0 saturated heterocycles. The summed E-state index contributed by atoms with van der Waals surface area (Å²) in [6.07, 6.45) is 4.97. The largest absolute Gasteiger partial charge is 0.326 e. The zero-order chi connectivity index (χ0) is 20.4. The Kier molecular flexibility index (Phi) is 5.32. The summed E-state index contributed by atoms with van der Waals surface area (Å²) in [5.41, 5.74) is 5.56. The number of carbonyl (C=O) groups is 2. The van der Waals surface area contributed by atoms with Gasteiger partial charge >= 0.3 is 0 Å². The maximum absolute atomic E-state index is 12.4. The average molecular weight is 406 g/mol. The third-order valence-corrected chi connectivity index (χ3v) is 5.26. The number of aromatic nitrogens is 1. The van der Waals surface area contributed by atoms with Crippen molar-refractivity contribution in [2.45, 2.75) is 19.3 Å². The van der Waals surface area contributed by atoms with Gasteiger partial charge in [-0.05, 0) is 59.5 Å². The predicted molar refractivity (Wildman–Crippen MR) is 115 cm³/mol. The second-order valence-corrected chi connectivity index (χ2v) is 7.55. The van der Waals surface area contributed by atoms with Gasteiger partial charge in [0.15, 0.2) is 0 Å². The first kappa shape index (κ1) is 19.2. The van der Waals surface area contributed by atoms with Crippen LogP contribution in [0.1, 0.15) is 17.5 Å². The number of nitrogens with zero attached hydrogens (tertiary/aromatic N) is 2. The molecule has 5 nitrogen and oxygen atoms in total. The molecule has 1 aliphatic heterocycles. The fourth-order valence-corrected chi connectivity index (χ4v) is 3.73. The van der Waals surface area contributed by atoms with E-state index < -0.39 is 0 Å². The van der Waals surface area contributed by atoms with Crippen molar-refractivity contribution in [1.82, 2.24) is 4.98 Å². The van der Waals surface area contributed by atoms with Gasteiger partial charge in [0.25, 0.3) is 0 Å². The van der Waals surface area contributed by atoms with Crippen LogP contribution >= 0.6 is 11.6 Å². The highest BCUT2D eigenvalue weighted by molar-refractivity contribution is 6.30. The van der Waals surface area contributed by atoms with E-state index in [0.717, 1.165) is 34.4 Å². The van der Waals surface area contributed by atoms with Gasteiger partial charge in [0.05, 0.1) is 6.42 Å². The smallest absolute Gasteiger partial charge is 0.228 e. The number of benzene rings is 2. The summed E-state index contributed by atoms with van der Waals surface area (Å²) < 4.78 is 0. The summed E-state index contributed by atoms with van der Waals surface area (Å²) in [6.45, 7) is 0. The first-order valence-corrected chi connectivity index (χ1v) is 9.76. The van der Waals surface area contributed by atoms with Crippen molar-refractivity contribution in [3.63, 3.8) is 0 Å². The van der Waals surface area contributed by atoms with Crippen molar-refractivity contribution in [3.8, 4) is 11.1 Å². The molecule has 1 N–H and O–H groups in total. The monoisotopic (exact) mass is 405 g/mol. The second-order valence-electron chi connectivity index (χ2n) is 7.11. The Labute approximate surface area is 174 Å². The van der Waals surface area contributed by atoms with E-state index in [4.69, 9.17) is 11.6 Å². The molecule has 2 aromatic carbocycles. The van der Waals surface area contributed by atoms with Crippen LogP contribution in [0.25, 0.3) is 11.1 Å². The fraction of sp³-hybridized carbons (Fsp3) is 0.174. The summed E-state index contributed by atoms with van der Waals surface area (Å²) in [5.74, 6) is 0.0106. The molecule has 1 aromatic heterocycles. The number of halogens is 1. The molecule has 29 heavy (non-hydrogen) atoms. The lowest BCUT2D eigenvalue weighted by atomic mass is 9.96. The maximum atomic E-state index is 12.4. The van der Waals surface area contributed by atoms with Gasteiger partial charge in [-0.2, -0.15) is 0 Å². The maximum Gasteiger partial charge on any atom is 0.228 e. The van der Waals surface area contributed by atoms with Crippen molar-refractivity contribution in [2.24, 2.45) is 0 Å². The van der Waals surface area contributed by atoms with Crippen LogP contribution in [-0.2, 0) is 22.4 Å². The van der Waals surface area contributed by atoms with E-state index in [9.17, 15) is 9.59 Å². The van der Waals surface area contributed by atoms with Crippen LogP contribution in [0.2, 0.25) is 5.02 Å². The van der Waals surface area contributed by atoms with Crippen LogP contribution in [0.15, 0.2) is 60.9 Å². The number of fused-ring (bicyclic) bond motifs is 1. The average Bonchev–Trinajstić information content (AvgIpc) is 2.71. The van der Waals surface area contributed by atoms with Gasteiger partial charge in [-0.3, -0.25) is 14.6 Å². The SMILES string of the molecule is CN1C(=O)CCc2cc(-c3cncc(CC(=O)Nc4cccc(Cl)c4)c3)ccc21. The second kappa shape index (κ2) is 8.05. The van der Waals surface area contributed by atoms with E-state index in [1.54, 1.807) is 48.6 Å². The molecule has 0 bridgehead atoms. The number of pyridine rings is 1. The number of hydrogen-bond donors (Lipinski definition) is 1. The Balaban J connectivity index is 1.52. The van der Waals surface area contributed by atoms with Gasteiger partial charge < -0.3 is 10.2 Å². The number of aryl methyl sites for hydroxylation is 1. The molecule has 4 rings (SSSR count). The van der Waals surface area contributed by atoms with E-state index >= 15 is 0 Å². The molecule has 2 heterocycles. The Morgan fingerprint density at radius 1 is 1.10 bits per heavy atom. The number of nitrogens with one attached hydrogen (secondary N) is 1. The summed E-state index contributed by atoms with van der Waals surface area (Å²) in [5, 5.41) is 3.43. The Morgan fingerprint density at radius 2 is 1.97 bits per heavy atom. The first-order valence-electron chi connectivity index (χ1n) is 9.39. The Hall–Kier alpha value is -3.18. The molecule has 6 heteroatoms. The molecule has 0 saturated carbocycles. The standard InChI is InChI=1S/C23H20ClN3O2/c1-27-21-7-5-16(11-17(21)6-8-23(27)29)18-9-15(13-25-14-18)10-22(28)26-20-4-2-3-19(24)12-20/h2-5,7,9,11-14H,6,8,10H2,1H3,(H,26,28). The van der Waals surface area contributed by atoms with Crippen molar-refractivity contribution < 1.29 is 9.59 Å². The van der Waals surface area contributed by atoms with Crippen molar-refractivity contribution >= 4 is 34.8 Å². The highest BCUT2D eigenvalue weighted by Gasteiger charge is 2.21. The van der Waals surface area contributed by atoms with Crippen molar-refractivity contribution in [3.05, 3.63) is 77.1 Å². The van der Waals surface area contributed by atoms with Crippen LogP contribution in [0.3, 0.4) is 0 Å². The lowest BCUT2D eigenvalue weighted by molar-refractivity contribution is -0.118. The Bertz CT molecular complexity index is 1100. The van der Waals surface area contributed by atoms with E-state index in [1.165, 1.54) is 0 Å². The number of rotatable bonds is 4. The minimum atomic E-state index is -0.128. The molecule has 0 fully saturated rings. The predicted octanol–water partition coefficient (Wildman–Crippen LogP) is 4.49. The van der Waals surface area contributed by atoms with Crippen LogP contribution in [0, 0.1) is 0 Å². The molecule has 0 unspecified atom stereocenters. The molecular weight excluding hydrogens is 386 g/mol. The molecule has 3 aromatic rings. The van der Waals surface area contributed by atoms with Gasteiger partial charge in [0.1, 0.15) is 0 Å². The fourth-order valence-electron chi connectivity index (χ4n) is 3.54. The van der Waals surface area contributed by atoms with Crippen molar-refractivity contribution in [1.29, 1.82) is 0 Å². The van der Waals surface area contributed by atoms with Crippen molar-refractivity contribution in [2.75, 3.05) is 17.3 Å². The van der Waals surface area contributed by atoms with E-state index in [1.807, 2.05) is 18.2 Å². The lowest BCUT2D eigenvalue weighted by Crippen LogP contribution is -2.30. The third-order valence-electron chi connectivity index (χ3n) is 5.02. The molecule has 0 radical (unpaired) electrons. The number of amides is 2. The van der Waals surface area contributed by atoms with Gasteiger partial charge in [-0.25, -0.2) is 0 Å².